The minimum atomic E-state index is -0.231. The Bertz CT molecular complexity index is 448. The summed E-state index contributed by atoms with van der Waals surface area (Å²) >= 11 is 0. The van der Waals surface area contributed by atoms with E-state index in [2.05, 4.69) is 81.8 Å². The molecule has 0 bridgehead atoms. The lowest BCUT2D eigenvalue weighted by molar-refractivity contribution is -0.867. The summed E-state index contributed by atoms with van der Waals surface area (Å²) in [7, 11) is 6.57. The number of hydrogen-bond acceptors (Lipinski definition) is 0. The molecule has 19 heavy (non-hydrogen) atoms. The van der Waals surface area contributed by atoms with Crippen LogP contribution in [0, 0.1) is 0 Å². The third kappa shape index (κ3) is 4.45. The van der Waals surface area contributed by atoms with Crippen LogP contribution in [0.1, 0.15) is 0 Å². The fourth-order valence-corrected chi connectivity index (χ4v) is 4.70. The molecular formula is C17H23NP+. The zero-order valence-electron chi connectivity index (χ0n) is 12.1. The molecule has 0 saturated carbocycles. The number of rotatable bonds is 5. The lowest BCUT2D eigenvalue weighted by Gasteiger charge is -2.27. The zero-order chi connectivity index (χ0) is 13.7. The smallest absolute Gasteiger partial charge is 0.0826 e. The van der Waals surface area contributed by atoms with Crippen LogP contribution < -0.4 is 10.6 Å². The highest BCUT2D eigenvalue weighted by Crippen LogP contribution is 2.33. The van der Waals surface area contributed by atoms with E-state index in [-0.39, 0.29) is 7.92 Å². The van der Waals surface area contributed by atoms with Crippen LogP contribution in [-0.2, 0) is 0 Å². The van der Waals surface area contributed by atoms with Crippen molar-refractivity contribution >= 4 is 18.5 Å². The van der Waals surface area contributed by atoms with Crippen molar-refractivity contribution in [3.05, 3.63) is 60.7 Å². The van der Waals surface area contributed by atoms with Gasteiger partial charge in [-0.2, -0.15) is 0 Å². The van der Waals surface area contributed by atoms with E-state index >= 15 is 0 Å². The van der Waals surface area contributed by atoms with Crippen LogP contribution in [-0.4, -0.2) is 38.3 Å². The molecule has 0 radical (unpaired) electrons. The van der Waals surface area contributed by atoms with Crippen LogP contribution in [0.25, 0.3) is 0 Å². The molecule has 100 valence electrons. The molecule has 2 aromatic rings. The third-order valence-electron chi connectivity index (χ3n) is 3.13. The van der Waals surface area contributed by atoms with Crippen LogP contribution in [0.4, 0.5) is 0 Å². The van der Waals surface area contributed by atoms with Crippen LogP contribution in [0.15, 0.2) is 60.7 Å². The molecule has 0 N–H and O–H groups in total. The van der Waals surface area contributed by atoms with Crippen molar-refractivity contribution in [2.75, 3.05) is 33.8 Å². The fraction of sp³-hybridized carbons (Fsp3) is 0.294. The molecule has 0 heterocycles. The summed E-state index contributed by atoms with van der Waals surface area (Å²) in [6.07, 6.45) is 1.24. The van der Waals surface area contributed by atoms with Gasteiger partial charge in [0.25, 0.3) is 0 Å². The van der Waals surface area contributed by atoms with Crippen LogP contribution in [0.2, 0.25) is 0 Å². The third-order valence-corrected chi connectivity index (χ3v) is 5.62. The maximum absolute atomic E-state index is 2.27. The molecule has 0 aliphatic heterocycles. The highest BCUT2D eigenvalue weighted by Gasteiger charge is 2.17. The predicted octanol–water partition coefficient (Wildman–Crippen LogP) is 2.83. The molecule has 0 fully saturated rings. The number of quaternary nitrogens is 1. The van der Waals surface area contributed by atoms with E-state index in [0.29, 0.717) is 0 Å². The van der Waals surface area contributed by atoms with Gasteiger partial charge in [0.15, 0.2) is 0 Å². The van der Waals surface area contributed by atoms with Crippen molar-refractivity contribution in [3.8, 4) is 0 Å². The van der Waals surface area contributed by atoms with Gasteiger partial charge in [-0.15, -0.1) is 0 Å². The van der Waals surface area contributed by atoms with Gasteiger partial charge in [0, 0.05) is 6.16 Å². The van der Waals surface area contributed by atoms with Crippen LogP contribution in [0.5, 0.6) is 0 Å². The van der Waals surface area contributed by atoms with Gasteiger partial charge in [-0.3, -0.25) is 0 Å². The van der Waals surface area contributed by atoms with E-state index in [1.165, 1.54) is 23.3 Å². The minimum absolute atomic E-state index is 0.231. The second-order valence-electron chi connectivity index (χ2n) is 5.84. The Morgan fingerprint density at radius 2 is 1.16 bits per heavy atom. The van der Waals surface area contributed by atoms with E-state index in [9.17, 15) is 0 Å². The Morgan fingerprint density at radius 1 is 0.737 bits per heavy atom. The summed E-state index contributed by atoms with van der Waals surface area (Å²) in [4.78, 5) is 0. The van der Waals surface area contributed by atoms with Gasteiger partial charge < -0.3 is 4.48 Å². The predicted molar refractivity (Wildman–Crippen MR) is 86.8 cm³/mol. The summed E-state index contributed by atoms with van der Waals surface area (Å²) in [5, 5.41) is 2.97. The first-order valence-corrected chi connectivity index (χ1v) is 8.27. The van der Waals surface area contributed by atoms with Gasteiger partial charge in [-0.05, 0) is 18.5 Å². The van der Waals surface area contributed by atoms with Gasteiger partial charge in [0.05, 0.1) is 27.7 Å². The highest BCUT2D eigenvalue weighted by atomic mass is 31.1. The van der Waals surface area contributed by atoms with Gasteiger partial charge in [-0.25, -0.2) is 0 Å². The molecule has 2 rings (SSSR count). The largest absolute Gasteiger partial charge is 0.331 e. The molecule has 1 nitrogen and oxygen atoms in total. The molecule has 0 spiro atoms. The second kappa shape index (κ2) is 6.32. The number of nitrogens with zero attached hydrogens (tertiary/aromatic N) is 1. The van der Waals surface area contributed by atoms with Gasteiger partial charge in [-0.1, -0.05) is 60.7 Å². The van der Waals surface area contributed by atoms with E-state index < -0.39 is 0 Å². The SMILES string of the molecule is C[N+](C)(C)CCP(c1ccccc1)c1ccccc1. The average molecular weight is 272 g/mol. The maximum Gasteiger partial charge on any atom is 0.0826 e. The molecule has 0 atom stereocenters. The summed E-state index contributed by atoms with van der Waals surface area (Å²) in [5.41, 5.74) is 0. The lowest BCUT2D eigenvalue weighted by atomic mass is 10.4. The van der Waals surface area contributed by atoms with Crippen molar-refractivity contribution < 1.29 is 4.48 Å². The summed E-state index contributed by atoms with van der Waals surface area (Å²) in [5.74, 6) is 0. The Labute approximate surface area is 118 Å². The molecule has 0 aliphatic carbocycles. The molecule has 2 aromatic carbocycles. The normalized spacial score (nSPS) is 11.8. The quantitative estimate of drug-likeness (QED) is 0.580. The molecule has 0 aliphatic rings. The van der Waals surface area contributed by atoms with Crippen molar-refractivity contribution in [1.29, 1.82) is 0 Å². The Kier molecular flexibility index (Phi) is 4.74. The number of benzene rings is 2. The Morgan fingerprint density at radius 3 is 1.53 bits per heavy atom. The molecule has 0 amide bonds. The summed E-state index contributed by atoms with van der Waals surface area (Å²) in [6, 6.07) is 21.9. The minimum Gasteiger partial charge on any atom is -0.331 e. The van der Waals surface area contributed by atoms with Gasteiger partial charge >= 0.3 is 0 Å². The monoisotopic (exact) mass is 272 g/mol. The second-order valence-corrected chi connectivity index (χ2v) is 8.17. The number of hydrogen-bond donors (Lipinski definition) is 0. The van der Waals surface area contributed by atoms with Crippen LogP contribution >= 0.6 is 7.92 Å². The van der Waals surface area contributed by atoms with Gasteiger partial charge in [0.2, 0.25) is 0 Å². The van der Waals surface area contributed by atoms with Crippen molar-refractivity contribution in [1.82, 2.24) is 0 Å². The van der Waals surface area contributed by atoms with E-state index in [0.717, 1.165) is 4.48 Å². The first-order chi connectivity index (χ1) is 9.06. The first kappa shape index (κ1) is 14.2. The highest BCUT2D eigenvalue weighted by molar-refractivity contribution is 7.73. The molecule has 0 saturated heterocycles. The average Bonchev–Trinajstić information content (AvgIpc) is 2.40. The lowest BCUT2D eigenvalue weighted by Crippen LogP contribution is -2.37. The summed E-state index contributed by atoms with van der Waals surface area (Å²) in [6.45, 7) is 1.20. The molecular weight excluding hydrogens is 249 g/mol. The maximum atomic E-state index is 2.27. The topological polar surface area (TPSA) is 0 Å². The van der Waals surface area contributed by atoms with Crippen molar-refractivity contribution in [2.45, 2.75) is 0 Å². The molecule has 0 unspecified atom stereocenters. The summed E-state index contributed by atoms with van der Waals surface area (Å²) < 4.78 is 1.03. The Balaban J connectivity index is 2.24. The van der Waals surface area contributed by atoms with E-state index in [1.807, 2.05) is 0 Å². The van der Waals surface area contributed by atoms with E-state index in [4.69, 9.17) is 0 Å². The Hall–Kier alpha value is -1.17. The first-order valence-electron chi connectivity index (χ1n) is 6.74. The molecule has 2 heteroatoms. The van der Waals surface area contributed by atoms with Crippen LogP contribution in [0.3, 0.4) is 0 Å². The van der Waals surface area contributed by atoms with E-state index in [1.54, 1.807) is 0 Å². The van der Waals surface area contributed by atoms with Crippen molar-refractivity contribution in [3.63, 3.8) is 0 Å². The standard InChI is InChI=1S/C17H23NP/c1-18(2,3)14-15-19(16-10-6-4-7-11-16)17-12-8-5-9-13-17/h4-13H,14-15H2,1-3H3/q+1. The van der Waals surface area contributed by atoms with Crippen molar-refractivity contribution in [2.24, 2.45) is 0 Å². The fourth-order valence-electron chi connectivity index (χ4n) is 2.02. The zero-order valence-corrected chi connectivity index (χ0v) is 13.0. The molecule has 0 aromatic heterocycles. The van der Waals surface area contributed by atoms with Gasteiger partial charge in [0.1, 0.15) is 0 Å².